The zero-order valence-corrected chi connectivity index (χ0v) is 9.62. The van der Waals surface area contributed by atoms with Gasteiger partial charge < -0.3 is 5.32 Å². The van der Waals surface area contributed by atoms with E-state index in [0.717, 1.165) is 30.5 Å². The number of hydrogen-bond donors (Lipinski definition) is 1. The molecule has 0 amide bonds. The van der Waals surface area contributed by atoms with Crippen LogP contribution in [0.4, 0.5) is 5.69 Å². The molecule has 1 saturated carbocycles. The van der Waals surface area contributed by atoms with E-state index in [1.807, 2.05) is 6.20 Å². The average molecular weight is 215 g/mol. The first-order valence-corrected chi connectivity index (χ1v) is 5.87. The van der Waals surface area contributed by atoms with E-state index in [1.54, 1.807) is 0 Å². The zero-order valence-electron chi connectivity index (χ0n) is 9.62. The van der Waals surface area contributed by atoms with Gasteiger partial charge in [-0.3, -0.25) is 4.79 Å². The largest absolute Gasteiger partial charge is 0.361 e. The zero-order chi connectivity index (χ0) is 11.4. The number of aryl methyl sites for hydroxylation is 1. The van der Waals surface area contributed by atoms with Crippen LogP contribution in [0.15, 0.2) is 36.0 Å². The summed E-state index contributed by atoms with van der Waals surface area (Å²) >= 11 is 0. The molecule has 0 radical (unpaired) electrons. The van der Waals surface area contributed by atoms with Gasteiger partial charge in [-0.1, -0.05) is 19.1 Å². The molecule has 0 saturated heterocycles. The molecule has 0 aromatic heterocycles. The maximum Gasteiger partial charge on any atom is 0.160 e. The maximum absolute atomic E-state index is 11.4. The van der Waals surface area contributed by atoms with Gasteiger partial charge in [-0.25, -0.2) is 0 Å². The van der Waals surface area contributed by atoms with Crippen LogP contribution in [0.2, 0.25) is 0 Å². The van der Waals surface area contributed by atoms with E-state index in [2.05, 4.69) is 36.5 Å². The molecule has 16 heavy (non-hydrogen) atoms. The molecule has 1 aliphatic carbocycles. The standard InChI is InChI=1S/C14H17NO/c1-2-11-6-8-13(9-7-11)15-10-12-4-3-5-14(12)16/h6-10,15H,2-5H2,1H3/b12-10-. The summed E-state index contributed by atoms with van der Waals surface area (Å²) in [6.45, 7) is 2.14. The molecule has 0 bridgehead atoms. The highest BCUT2D eigenvalue weighted by Crippen LogP contribution is 2.20. The van der Waals surface area contributed by atoms with Crippen molar-refractivity contribution in [2.24, 2.45) is 0 Å². The van der Waals surface area contributed by atoms with Crippen LogP contribution in [0.5, 0.6) is 0 Å². The van der Waals surface area contributed by atoms with Crippen molar-refractivity contribution < 1.29 is 4.79 Å². The van der Waals surface area contributed by atoms with Gasteiger partial charge in [0.05, 0.1) is 0 Å². The number of Topliss-reactive ketones (excluding diaryl/α,β-unsaturated/α-hetero) is 1. The Balaban J connectivity index is 2.01. The van der Waals surface area contributed by atoms with Crippen molar-refractivity contribution in [2.45, 2.75) is 32.6 Å². The van der Waals surface area contributed by atoms with E-state index in [9.17, 15) is 4.79 Å². The summed E-state index contributed by atoms with van der Waals surface area (Å²) in [7, 11) is 0. The molecule has 0 atom stereocenters. The third-order valence-corrected chi connectivity index (χ3v) is 2.98. The van der Waals surface area contributed by atoms with Gasteiger partial charge in [-0.05, 0) is 37.0 Å². The Bertz CT molecular complexity index is 403. The Morgan fingerprint density at radius 2 is 2.00 bits per heavy atom. The third kappa shape index (κ3) is 2.51. The molecule has 0 unspecified atom stereocenters. The van der Waals surface area contributed by atoms with Crippen LogP contribution in [0, 0.1) is 0 Å². The molecular weight excluding hydrogens is 198 g/mol. The topological polar surface area (TPSA) is 29.1 Å². The van der Waals surface area contributed by atoms with Crippen molar-refractivity contribution in [3.05, 3.63) is 41.6 Å². The first-order chi connectivity index (χ1) is 7.79. The quantitative estimate of drug-likeness (QED) is 0.784. The second kappa shape index (κ2) is 4.97. The Hall–Kier alpha value is -1.57. The van der Waals surface area contributed by atoms with Gasteiger partial charge in [0.15, 0.2) is 5.78 Å². The van der Waals surface area contributed by atoms with Crippen LogP contribution < -0.4 is 5.32 Å². The fourth-order valence-corrected chi connectivity index (χ4v) is 1.90. The monoisotopic (exact) mass is 215 g/mol. The highest BCUT2D eigenvalue weighted by atomic mass is 16.1. The number of nitrogens with one attached hydrogen (secondary N) is 1. The van der Waals surface area contributed by atoms with Gasteiger partial charge in [-0.2, -0.15) is 0 Å². The fraction of sp³-hybridized carbons (Fsp3) is 0.357. The first-order valence-electron chi connectivity index (χ1n) is 5.87. The van der Waals surface area contributed by atoms with Crippen LogP contribution in [-0.4, -0.2) is 5.78 Å². The lowest BCUT2D eigenvalue weighted by atomic mass is 10.1. The molecular formula is C14H17NO. The lowest BCUT2D eigenvalue weighted by Gasteiger charge is -2.03. The highest BCUT2D eigenvalue weighted by molar-refractivity contribution is 5.97. The number of benzene rings is 1. The minimum Gasteiger partial charge on any atom is -0.361 e. The van der Waals surface area contributed by atoms with Crippen molar-refractivity contribution in [1.82, 2.24) is 0 Å². The summed E-state index contributed by atoms with van der Waals surface area (Å²) in [4.78, 5) is 11.4. The molecule has 84 valence electrons. The molecule has 1 aromatic carbocycles. The number of anilines is 1. The van der Waals surface area contributed by atoms with Gasteiger partial charge in [0.2, 0.25) is 0 Å². The molecule has 1 aromatic rings. The molecule has 1 fully saturated rings. The SMILES string of the molecule is CCc1ccc(N/C=C2/CCCC2=O)cc1. The van der Waals surface area contributed by atoms with Crippen molar-refractivity contribution in [3.8, 4) is 0 Å². The third-order valence-electron chi connectivity index (χ3n) is 2.98. The molecule has 1 aliphatic rings. The van der Waals surface area contributed by atoms with Crippen LogP contribution in [0.25, 0.3) is 0 Å². The Kier molecular flexibility index (Phi) is 3.40. The summed E-state index contributed by atoms with van der Waals surface area (Å²) in [5.74, 6) is 0.290. The number of carbonyl (C=O) groups excluding carboxylic acids is 1. The number of rotatable bonds is 3. The van der Waals surface area contributed by atoms with Gasteiger partial charge in [0, 0.05) is 23.9 Å². The van der Waals surface area contributed by atoms with Gasteiger partial charge >= 0.3 is 0 Å². The minimum atomic E-state index is 0.290. The Morgan fingerprint density at radius 3 is 2.56 bits per heavy atom. The second-order valence-electron chi connectivity index (χ2n) is 4.14. The molecule has 0 aliphatic heterocycles. The van der Waals surface area contributed by atoms with Crippen molar-refractivity contribution >= 4 is 11.5 Å². The summed E-state index contributed by atoms with van der Waals surface area (Å²) in [6, 6.07) is 8.32. The van der Waals surface area contributed by atoms with E-state index < -0.39 is 0 Å². The number of allylic oxidation sites excluding steroid dienone is 1. The highest BCUT2D eigenvalue weighted by Gasteiger charge is 2.16. The predicted octanol–water partition coefficient (Wildman–Crippen LogP) is 3.30. The van der Waals surface area contributed by atoms with E-state index in [1.165, 1.54) is 5.56 Å². The number of ketones is 1. The van der Waals surface area contributed by atoms with Gasteiger partial charge in [0.1, 0.15) is 0 Å². The maximum atomic E-state index is 11.4. The summed E-state index contributed by atoms with van der Waals surface area (Å²) < 4.78 is 0. The minimum absolute atomic E-state index is 0.290. The van der Waals surface area contributed by atoms with Gasteiger partial charge in [-0.15, -0.1) is 0 Å². The Morgan fingerprint density at radius 1 is 1.25 bits per heavy atom. The van der Waals surface area contributed by atoms with Gasteiger partial charge in [0.25, 0.3) is 0 Å². The molecule has 2 nitrogen and oxygen atoms in total. The first kappa shape index (κ1) is 10.9. The molecule has 2 heteroatoms. The van der Waals surface area contributed by atoms with E-state index in [-0.39, 0.29) is 5.78 Å². The van der Waals surface area contributed by atoms with E-state index in [4.69, 9.17) is 0 Å². The second-order valence-corrected chi connectivity index (χ2v) is 4.14. The Labute approximate surface area is 96.4 Å². The summed E-state index contributed by atoms with van der Waals surface area (Å²) in [6.07, 6.45) is 5.54. The molecule has 1 N–H and O–H groups in total. The predicted molar refractivity (Wildman–Crippen MR) is 66.4 cm³/mol. The lowest BCUT2D eigenvalue weighted by Crippen LogP contribution is -1.96. The molecule has 2 rings (SSSR count). The summed E-state index contributed by atoms with van der Waals surface area (Å²) in [5, 5.41) is 3.19. The normalized spacial score (nSPS) is 18.1. The number of hydrogen-bond acceptors (Lipinski definition) is 2. The van der Waals surface area contributed by atoms with Crippen LogP contribution in [0.1, 0.15) is 31.7 Å². The molecule has 0 spiro atoms. The molecule has 0 heterocycles. The van der Waals surface area contributed by atoms with Crippen LogP contribution in [-0.2, 0) is 11.2 Å². The number of carbonyl (C=O) groups is 1. The van der Waals surface area contributed by atoms with Crippen molar-refractivity contribution in [2.75, 3.05) is 5.32 Å². The van der Waals surface area contributed by atoms with E-state index in [0.29, 0.717) is 6.42 Å². The van der Waals surface area contributed by atoms with E-state index >= 15 is 0 Å². The van der Waals surface area contributed by atoms with Crippen LogP contribution in [0.3, 0.4) is 0 Å². The average Bonchev–Trinajstić information content (AvgIpc) is 2.73. The van der Waals surface area contributed by atoms with Crippen molar-refractivity contribution in [1.29, 1.82) is 0 Å². The smallest absolute Gasteiger partial charge is 0.160 e. The van der Waals surface area contributed by atoms with Crippen LogP contribution >= 0.6 is 0 Å². The van der Waals surface area contributed by atoms with Crippen molar-refractivity contribution in [3.63, 3.8) is 0 Å². The fourth-order valence-electron chi connectivity index (χ4n) is 1.90. The summed E-state index contributed by atoms with van der Waals surface area (Å²) in [5.41, 5.74) is 3.30. The lowest BCUT2D eigenvalue weighted by molar-refractivity contribution is -0.114.